The molecule has 5 heteroatoms. The Morgan fingerprint density at radius 3 is 2.64 bits per heavy atom. The first-order valence-electron chi connectivity index (χ1n) is 8.08. The van der Waals surface area contributed by atoms with E-state index in [2.05, 4.69) is 22.1 Å². The SMILES string of the molecule is O=C1C2CC2C(c2ccccc2)=NN1CCN1CCOCC1. The third-order valence-corrected chi connectivity index (χ3v) is 4.74. The topological polar surface area (TPSA) is 45.1 Å². The van der Waals surface area contributed by atoms with E-state index in [1.54, 1.807) is 5.01 Å². The van der Waals surface area contributed by atoms with Gasteiger partial charge < -0.3 is 4.74 Å². The average Bonchev–Trinajstić information content (AvgIpc) is 3.37. The van der Waals surface area contributed by atoms with Crippen molar-refractivity contribution in [3.8, 4) is 0 Å². The molecule has 0 radical (unpaired) electrons. The minimum absolute atomic E-state index is 0.164. The predicted octanol–water partition coefficient (Wildman–Crippen LogP) is 1.20. The molecule has 1 aromatic carbocycles. The van der Waals surface area contributed by atoms with Crippen LogP contribution in [0.4, 0.5) is 0 Å². The van der Waals surface area contributed by atoms with Crippen LogP contribution in [0.25, 0.3) is 0 Å². The van der Waals surface area contributed by atoms with Crippen LogP contribution in [0.1, 0.15) is 12.0 Å². The standard InChI is InChI=1S/C17H21N3O2/c21-17-15-12-14(15)16(13-4-2-1-3-5-13)18-20(17)7-6-19-8-10-22-11-9-19/h1-5,14-15H,6-12H2. The van der Waals surface area contributed by atoms with Gasteiger partial charge in [-0.05, 0) is 12.0 Å². The fourth-order valence-electron chi connectivity index (χ4n) is 3.32. The second kappa shape index (κ2) is 5.82. The molecule has 0 aromatic heterocycles. The van der Waals surface area contributed by atoms with Crippen LogP contribution >= 0.6 is 0 Å². The van der Waals surface area contributed by atoms with E-state index in [1.165, 1.54) is 0 Å². The summed E-state index contributed by atoms with van der Waals surface area (Å²) in [6.07, 6.45) is 0.959. The van der Waals surface area contributed by atoms with Crippen molar-refractivity contribution in [1.29, 1.82) is 0 Å². The summed E-state index contributed by atoms with van der Waals surface area (Å²) in [4.78, 5) is 14.7. The molecule has 1 aromatic rings. The summed E-state index contributed by atoms with van der Waals surface area (Å²) in [5, 5.41) is 6.38. The quantitative estimate of drug-likeness (QED) is 0.839. The molecule has 3 aliphatic rings. The van der Waals surface area contributed by atoms with Crippen molar-refractivity contribution in [2.45, 2.75) is 6.42 Å². The predicted molar refractivity (Wildman–Crippen MR) is 83.5 cm³/mol. The Morgan fingerprint density at radius 1 is 1.09 bits per heavy atom. The average molecular weight is 299 g/mol. The smallest absolute Gasteiger partial charge is 0.246 e. The van der Waals surface area contributed by atoms with Crippen molar-refractivity contribution in [2.75, 3.05) is 39.4 Å². The molecule has 1 saturated heterocycles. The maximum Gasteiger partial charge on any atom is 0.246 e. The molecule has 0 N–H and O–H groups in total. The monoisotopic (exact) mass is 299 g/mol. The van der Waals surface area contributed by atoms with Gasteiger partial charge in [-0.3, -0.25) is 9.69 Å². The van der Waals surface area contributed by atoms with E-state index < -0.39 is 0 Å². The van der Waals surface area contributed by atoms with Crippen LogP contribution in [0.15, 0.2) is 35.4 Å². The summed E-state index contributed by atoms with van der Waals surface area (Å²) in [5.74, 6) is 0.713. The summed E-state index contributed by atoms with van der Waals surface area (Å²) in [5.41, 5.74) is 2.24. The highest BCUT2D eigenvalue weighted by Crippen LogP contribution is 2.45. The van der Waals surface area contributed by atoms with E-state index in [4.69, 9.17) is 4.74 Å². The number of rotatable bonds is 4. The molecule has 0 bridgehead atoms. The van der Waals surface area contributed by atoms with Gasteiger partial charge in [0.25, 0.3) is 0 Å². The van der Waals surface area contributed by atoms with Gasteiger partial charge in [-0.25, -0.2) is 5.01 Å². The Balaban J connectivity index is 1.47. The molecule has 1 amide bonds. The zero-order chi connectivity index (χ0) is 14.9. The number of ether oxygens (including phenoxy) is 1. The zero-order valence-corrected chi connectivity index (χ0v) is 12.6. The number of hydrogen-bond acceptors (Lipinski definition) is 4. The Bertz CT molecular complexity index is 581. The first kappa shape index (κ1) is 13.9. The Kier molecular flexibility index (Phi) is 3.68. The van der Waals surface area contributed by atoms with Gasteiger partial charge in [0.05, 0.1) is 25.5 Å². The zero-order valence-electron chi connectivity index (χ0n) is 12.6. The summed E-state index contributed by atoms with van der Waals surface area (Å²) >= 11 is 0. The maximum atomic E-state index is 12.4. The second-order valence-corrected chi connectivity index (χ2v) is 6.22. The van der Waals surface area contributed by atoms with Gasteiger partial charge in [0.2, 0.25) is 5.91 Å². The number of fused-ring (bicyclic) bond motifs is 1. The lowest BCUT2D eigenvalue weighted by molar-refractivity contribution is -0.133. The number of morpholine rings is 1. The van der Waals surface area contributed by atoms with Gasteiger partial charge in [0, 0.05) is 31.5 Å². The van der Waals surface area contributed by atoms with Crippen molar-refractivity contribution < 1.29 is 9.53 Å². The van der Waals surface area contributed by atoms with Gasteiger partial charge in [-0.15, -0.1) is 0 Å². The summed E-state index contributed by atoms with van der Waals surface area (Å²) < 4.78 is 5.36. The lowest BCUT2D eigenvalue weighted by Gasteiger charge is -2.29. The van der Waals surface area contributed by atoms with E-state index in [0.717, 1.165) is 50.5 Å². The fraction of sp³-hybridized carbons (Fsp3) is 0.529. The molecule has 5 nitrogen and oxygen atoms in total. The maximum absolute atomic E-state index is 12.4. The number of benzene rings is 1. The molecule has 22 heavy (non-hydrogen) atoms. The van der Waals surface area contributed by atoms with E-state index in [9.17, 15) is 4.79 Å². The van der Waals surface area contributed by atoms with Crippen LogP contribution in [0.3, 0.4) is 0 Å². The Labute approximate surface area is 130 Å². The highest BCUT2D eigenvalue weighted by atomic mass is 16.5. The highest BCUT2D eigenvalue weighted by Gasteiger charge is 2.51. The van der Waals surface area contributed by atoms with Gasteiger partial charge in [-0.2, -0.15) is 5.10 Å². The fourth-order valence-corrected chi connectivity index (χ4v) is 3.32. The molecule has 2 atom stereocenters. The normalized spacial score (nSPS) is 28.3. The molecule has 2 aliphatic heterocycles. The third kappa shape index (κ3) is 2.66. The number of carbonyl (C=O) groups is 1. The molecule has 2 heterocycles. The number of hydrogen-bond donors (Lipinski definition) is 0. The number of nitrogens with zero attached hydrogens (tertiary/aromatic N) is 3. The van der Waals surface area contributed by atoms with E-state index >= 15 is 0 Å². The third-order valence-electron chi connectivity index (χ3n) is 4.74. The van der Waals surface area contributed by atoms with Gasteiger partial charge >= 0.3 is 0 Å². The van der Waals surface area contributed by atoms with Gasteiger partial charge in [0.15, 0.2) is 0 Å². The van der Waals surface area contributed by atoms with E-state index in [-0.39, 0.29) is 11.8 Å². The summed E-state index contributed by atoms with van der Waals surface area (Å²) in [6, 6.07) is 10.3. The Hall–Kier alpha value is -1.72. The van der Waals surface area contributed by atoms with Crippen molar-refractivity contribution in [1.82, 2.24) is 9.91 Å². The van der Waals surface area contributed by atoms with Crippen LogP contribution in [-0.2, 0) is 9.53 Å². The molecule has 2 fully saturated rings. The highest BCUT2D eigenvalue weighted by molar-refractivity contribution is 6.09. The minimum atomic E-state index is 0.164. The van der Waals surface area contributed by atoms with Crippen molar-refractivity contribution in [2.24, 2.45) is 16.9 Å². The van der Waals surface area contributed by atoms with Crippen molar-refractivity contribution >= 4 is 11.6 Å². The molecule has 1 aliphatic carbocycles. The van der Waals surface area contributed by atoms with E-state index in [1.807, 2.05) is 18.2 Å². The first-order chi connectivity index (χ1) is 10.8. The van der Waals surface area contributed by atoms with Crippen LogP contribution in [0, 0.1) is 11.8 Å². The molecule has 2 unspecified atom stereocenters. The summed E-state index contributed by atoms with van der Waals surface area (Å²) in [7, 11) is 0. The number of carbonyl (C=O) groups excluding carboxylic acids is 1. The van der Waals surface area contributed by atoms with Crippen LogP contribution in [0.2, 0.25) is 0 Å². The van der Waals surface area contributed by atoms with Crippen LogP contribution < -0.4 is 0 Å². The number of amides is 1. The van der Waals surface area contributed by atoms with Gasteiger partial charge in [-0.1, -0.05) is 30.3 Å². The van der Waals surface area contributed by atoms with E-state index in [0.29, 0.717) is 12.5 Å². The lowest BCUT2D eigenvalue weighted by atomic mass is 10.0. The van der Waals surface area contributed by atoms with Crippen LogP contribution in [0.5, 0.6) is 0 Å². The lowest BCUT2D eigenvalue weighted by Crippen LogP contribution is -2.43. The first-order valence-corrected chi connectivity index (χ1v) is 8.08. The minimum Gasteiger partial charge on any atom is -0.379 e. The van der Waals surface area contributed by atoms with Gasteiger partial charge in [0.1, 0.15) is 0 Å². The van der Waals surface area contributed by atoms with Crippen LogP contribution in [-0.4, -0.2) is 60.9 Å². The molecule has 1 saturated carbocycles. The molecule has 0 spiro atoms. The molecule has 116 valence electrons. The van der Waals surface area contributed by atoms with Crippen molar-refractivity contribution in [3.05, 3.63) is 35.9 Å². The largest absolute Gasteiger partial charge is 0.379 e. The molecular weight excluding hydrogens is 278 g/mol. The summed E-state index contributed by atoms with van der Waals surface area (Å²) in [6.45, 7) is 5.03. The number of hydrazone groups is 1. The Morgan fingerprint density at radius 2 is 1.86 bits per heavy atom. The molecular formula is C17H21N3O2. The second-order valence-electron chi connectivity index (χ2n) is 6.22. The molecule has 4 rings (SSSR count). The van der Waals surface area contributed by atoms with Crippen molar-refractivity contribution in [3.63, 3.8) is 0 Å².